The number of hydrogen-bond donors (Lipinski definition) is 1. The Hall–Kier alpha value is -1.32. The fourth-order valence-corrected chi connectivity index (χ4v) is 1.30. The number of nitrogens with zero attached hydrogens (tertiary/aromatic N) is 2. The Labute approximate surface area is 77.2 Å². The lowest BCUT2D eigenvalue weighted by molar-refractivity contribution is -0.137. The zero-order valence-corrected chi connectivity index (χ0v) is 7.90. The average Bonchev–Trinajstić information content (AvgIpc) is 2.33. The summed E-state index contributed by atoms with van der Waals surface area (Å²) in [6.45, 7) is 1.92. The summed E-state index contributed by atoms with van der Waals surface area (Å²) < 4.78 is 1.73. The minimum absolute atomic E-state index is 0.146. The van der Waals surface area contributed by atoms with E-state index in [1.54, 1.807) is 4.68 Å². The number of carbonyl (C=O) groups is 1. The normalized spacial score (nSPS) is 12.8. The van der Waals surface area contributed by atoms with Crippen molar-refractivity contribution in [1.82, 2.24) is 9.78 Å². The van der Waals surface area contributed by atoms with Gasteiger partial charge in [-0.3, -0.25) is 9.48 Å². The summed E-state index contributed by atoms with van der Waals surface area (Å²) in [7, 11) is 1.85. The molecule has 0 aromatic carbocycles. The second kappa shape index (κ2) is 4.07. The van der Waals surface area contributed by atoms with E-state index in [-0.39, 0.29) is 12.3 Å². The first-order valence-electron chi connectivity index (χ1n) is 4.28. The minimum Gasteiger partial charge on any atom is -0.481 e. The highest BCUT2D eigenvalue weighted by Gasteiger charge is 2.09. The van der Waals surface area contributed by atoms with Crippen molar-refractivity contribution >= 4 is 5.97 Å². The molecule has 1 aromatic heterocycles. The first kappa shape index (κ1) is 9.77. The zero-order valence-electron chi connectivity index (χ0n) is 7.90. The summed E-state index contributed by atoms with van der Waals surface area (Å²) in [4.78, 5) is 10.4. The first-order valence-corrected chi connectivity index (χ1v) is 4.28. The van der Waals surface area contributed by atoms with Crippen LogP contribution in [-0.2, 0) is 18.3 Å². The number of carboxylic acids is 1. The van der Waals surface area contributed by atoms with Gasteiger partial charge in [0.1, 0.15) is 0 Å². The van der Waals surface area contributed by atoms with Gasteiger partial charge in [0.15, 0.2) is 0 Å². The summed E-state index contributed by atoms with van der Waals surface area (Å²) in [5.74, 6) is -0.601. The lowest BCUT2D eigenvalue weighted by atomic mass is 10.0. The molecule has 0 radical (unpaired) electrons. The van der Waals surface area contributed by atoms with Gasteiger partial charge in [-0.2, -0.15) is 5.10 Å². The van der Waals surface area contributed by atoms with E-state index in [9.17, 15) is 4.79 Å². The van der Waals surface area contributed by atoms with Gasteiger partial charge in [-0.15, -0.1) is 0 Å². The monoisotopic (exact) mass is 182 g/mol. The minimum atomic E-state index is -0.747. The van der Waals surface area contributed by atoms with Crippen LogP contribution in [0.3, 0.4) is 0 Å². The number of aromatic nitrogens is 2. The van der Waals surface area contributed by atoms with E-state index in [0.29, 0.717) is 0 Å². The molecule has 0 saturated carbocycles. The molecule has 4 heteroatoms. The lowest BCUT2D eigenvalue weighted by Crippen LogP contribution is -2.07. The number of carboxylic acid groups (broad SMARTS) is 1. The van der Waals surface area contributed by atoms with Crippen LogP contribution in [-0.4, -0.2) is 20.9 Å². The summed E-state index contributed by atoms with van der Waals surface area (Å²) >= 11 is 0. The summed E-state index contributed by atoms with van der Waals surface area (Å²) in [6, 6.07) is 1.92. The van der Waals surface area contributed by atoms with Crippen molar-refractivity contribution in [3.63, 3.8) is 0 Å². The molecule has 0 spiro atoms. The van der Waals surface area contributed by atoms with Crippen LogP contribution in [0.2, 0.25) is 0 Å². The van der Waals surface area contributed by atoms with E-state index >= 15 is 0 Å². The van der Waals surface area contributed by atoms with Crippen molar-refractivity contribution in [2.45, 2.75) is 19.8 Å². The third-order valence-corrected chi connectivity index (χ3v) is 1.85. The van der Waals surface area contributed by atoms with Crippen LogP contribution in [0.15, 0.2) is 12.3 Å². The maximum Gasteiger partial charge on any atom is 0.303 e. The molecular weight excluding hydrogens is 168 g/mol. The van der Waals surface area contributed by atoms with Gasteiger partial charge in [-0.25, -0.2) is 0 Å². The van der Waals surface area contributed by atoms with Crippen LogP contribution in [0.4, 0.5) is 0 Å². The largest absolute Gasteiger partial charge is 0.481 e. The van der Waals surface area contributed by atoms with Crippen molar-refractivity contribution in [3.05, 3.63) is 18.0 Å². The molecule has 72 valence electrons. The summed E-state index contributed by atoms with van der Waals surface area (Å²) in [5, 5.41) is 12.7. The molecule has 13 heavy (non-hydrogen) atoms. The molecule has 1 atom stereocenters. The molecule has 0 fully saturated rings. The van der Waals surface area contributed by atoms with Crippen LogP contribution in [0.1, 0.15) is 19.0 Å². The first-order chi connectivity index (χ1) is 6.08. The molecule has 1 heterocycles. The van der Waals surface area contributed by atoms with Gasteiger partial charge in [0, 0.05) is 19.7 Å². The fourth-order valence-electron chi connectivity index (χ4n) is 1.30. The van der Waals surface area contributed by atoms with Crippen molar-refractivity contribution in [1.29, 1.82) is 0 Å². The van der Waals surface area contributed by atoms with Crippen molar-refractivity contribution < 1.29 is 9.90 Å². The maximum absolute atomic E-state index is 10.4. The Kier molecular flexibility index (Phi) is 3.06. The summed E-state index contributed by atoms with van der Waals surface area (Å²) in [6.07, 6.45) is 2.80. The Morgan fingerprint density at radius 1 is 1.77 bits per heavy atom. The van der Waals surface area contributed by atoms with Crippen LogP contribution in [0, 0.1) is 5.92 Å². The lowest BCUT2D eigenvalue weighted by Gasteiger charge is -2.04. The predicted molar refractivity (Wildman–Crippen MR) is 48.3 cm³/mol. The SMILES string of the molecule is CC(CC(=O)O)Cc1ccn(C)n1. The molecular formula is C9H14N2O2. The number of aliphatic carboxylic acids is 1. The van der Waals surface area contributed by atoms with E-state index < -0.39 is 5.97 Å². The van der Waals surface area contributed by atoms with Crippen LogP contribution in [0.25, 0.3) is 0 Å². The molecule has 1 unspecified atom stereocenters. The molecule has 0 aliphatic heterocycles. The molecule has 0 saturated heterocycles. The van der Waals surface area contributed by atoms with E-state index in [2.05, 4.69) is 5.10 Å². The standard InChI is InChI=1S/C9H14N2O2/c1-7(6-9(12)13)5-8-3-4-11(2)10-8/h3-4,7H,5-6H2,1-2H3,(H,12,13). The van der Waals surface area contributed by atoms with E-state index in [4.69, 9.17) is 5.11 Å². The highest BCUT2D eigenvalue weighted by molar-refractivity contribution is 5.66. The molecule has 1 rings (SSSR count). The van der Waals surface area contributed by atoms with Gasteiger partial charge in [-0.1, -0.05) is 6.92 Å². The maximum atomic E-state index is 10.4. The van der Waals surface area contributed by atoms with Crippen molar-refractivity contribution in [3.8, 4) is 0 Å². The number of aryl methyl sites for hydroxylation is 1. The van der Waals surface area contributed by atoms with Gasteiger partial charge >= 0.3 is 5.97 Å². The van der Waals surface area contributed by atoms with E-state index in [1.807, 2.05) is 26.2 Å². The van der Waals surface area contributed by atoms with Crippen LogP contribution in [0.5, 0.6) is 0 Å². The third kappa shape index (κ3) is 3.27. The Bertz CT molecular complexity index is 294. The van der Waals surface area contributed by atoms with Crippen molar-refractivity contribution in [2.75, 3.05) is 0 Å². The topological polar surface area (TPSA) is 55.1 Å². The van der Waals surface area contributed by atoms with Gasteiger partial charge < -0.3 is 5.11 Å². The van der Waals surface area contributed by atoms with Crippen LogP contribution >= 0.6 is 0 Å². The highest BCUT2D eigenvalue weighted by atomic mass is 16.4. The molecule has 0 bridgehead atoms. The van der Waals surface area contributed by atoms with Crippen LogP contribution < -0.4 is 0 Å². The number of rotatable bonds is 4. The van der Waals surface area contributed by atoms with E-state index in [1.165, 1.54) is 0 Å². The fraction of sp³-hybridized carbons (Fsp3) is 0.556. The predicted octanol–water partition coefficient (Wildman–Crippen LogP) is 1.07. The smallest absolute Gasteiger partial charge is 0.303 e. The molecule has 4 nitrogen and oxygen atoms in total. The third-order valence-electron chi connectivity index (χ3n) is 1.85. The molecule has 0 aliphatic carbocycles. The molecule has 0 aliphatic rings. The molecule has 0 amide bonds. The van der Waals surface area contributed by atoms with Gasteiger partial charge in [0.25, 0.3) is 0 Å². The Morgan fingerprint density at radius 3 is 2.92 bits per heavy atom. The van der Waals surface area contributed by atoms with Gasteiger partial charge in [-0.05, 0) is 18.4 Å². The number of hydrogen-bond acceptors (Lipinski definition) is 2. The molecule has 1 N–H and O–H groups in total. The molecule has 1 aromatic rings. The van der Waals surface area contributed by atoms with Crippen molar-refractivity contribution in [2.24, 2.45) is 13.0 Å². The highest BCUT2D eigenvalue weighted by Crippen LogP contribution is 2.09. The Balaban J connectivity index is 2.44. The summed E-state index contributed by atoms with van der Waals surface area (Å²) in [5.41, 5.74) is 0.955. The Morgan fingerprint density at radius 2 is 2.46 bits per heavy atom. The second-order valence-corrected chi connectivity index (χ2v) is 3.39. The van der Waals surface area contributed by atoms with Gasteiger partial charge in [0.05, 0.1) is 5.69 Å². The zero-order chi connectivity index (χ0) is 9.84. The van der Waals surface area contributed by atoms with Gasteiger partial charge in [0.2, 0.25) is 0 Å². The average molecular weight is 182 g/mol. The van der Waals surface area contributed by atoms with E-state index in [0.717, 1.165) is 12.1 Å². The quantitative estimate of drug-likeness (QED) is 0.757. The second-order valence-electron chi connectivity index (χ2n) is 3.39.